The van der Waals surface area contributed by atoms with E-state index < -0.39 is 10.8 Å². The van der Waals surface area contributed by atoms with E-state index in [4.69, 9.17) is 9.47 Å². The molecule has 0 aromatic heterocycles. The van der Waals surface area contributed by atoms with Crippen molar-refractivity contribution in [1.29, 1.82) is 0 Å². The standard InChI is InChI=1S/C9H18O3S/c1-8-9(4-6-12-8)13(10)7-3-5-11-2/h8-9H,3-7H2,1-2H3/t8-,9+,13+/m1/s1. The molecule has 1 fully saturated rings. The molecule has 1 aliphatic heterocycles. The molecule has 0 amide bonds. The molecule has 0 saturated carbocycles. The number of hydrogen-bond donors (Lipinski definition) is 0. The van der Waals surface area contributed by atoms with Crippen molar-refractivity contribution in [2.45, 2.75) is 31.1 Å². The van der Waals surface area contributed by atoms with Gasteiger partial charge in [-0.15, -0.1) is 0 Å². The molecule has 78 valence electrons. The lowest BCUT2D eigenvalue weighted by atomic mass is 10.3. The van der Waals surface area contributed by atoms with E-state index in [-0.39, 0.29) is 11.4 Å². The number of hydrogen-bond acceptors (Lipinski definition) is 3. The third-order valence-electron chi connectivity index (χ3n) is 2.34. The highest BCUT2D eigenvalue weighted by atomic mass is 32.2. The summed E-state index contributed by atoms with van der Waals surface area (Å²) in [6.07, 6.45) is 2.00. The second-order valence-electron chi connectivity index (χ2n) is 3.33. The Bertz CT molecular complexity index is 172. The highest BCUT2D eigenvalue weighted by Crippen LogP contribution is 2.19. The molecule has 3 nitrogen and oxygen atoms in total. The quantitative estimate of drug-likeness (QED) is 0.628. The van der Waals surface area contributed by atoms with Crippen LogP contribution >= 0.6 is 0 Å². The third-order valence-corrected chi connectivity index (χ3v) is 4.32. The molecule has 4 heteroatoms. The number of ether oxygens (including phenoxy) is 2. The first-order valence-corrected chi connectivity index (χ1v) is 6.11. The fourth-order valence-corrected chi connectivity index (χ4v) is 3.12. The van der Waals surface area contributed by atoms with Crippen LogP contribution in [0.2, 0.25) is 0 Å². The van der Waals surface area contributed by atoms with Crippen LogP contribution in [0.5, 0.6) is 0 Å². The van der Waals surface area contributed by atoms with E-state index in [1.54, 1.807) is 7.11 Å². The van der Waals surface area contributed by atoms with Crippen LogP contribution in [0.4, 0.5) is 0 Å². The van der Waals surface area contributed by atoms with E-state index in [1.807, 2.05) is 6.92 Å². The van der Waals surface area contributed by atoms with Crippen LogP contribution in [-0.2, 0) is 20.3 Å². The minimum atomic E-state index is -0.732. The van der Waals surface area contributed by atoms with Crippen molar-refractivity contribution in [2.24, 2.45) is 0 Å². The van der Waals surface area contributed by atoms with Crippen molar-refractivity contribution < 1.29 is 13.7 Å². The van der Waals surface area contributed by atoms with Gasteiger partial charge in [0.05, 0.1) is 11.4 Å². The van der Waals surface area contributed by atoms with Crippen LogP contribution in [-0.4, -0.2) is 41.6 Å². The second-order valence-corrected chi connectivity index (χ2v) is 5.11. The first-order chi connectivity index (χ1) is 6.25. The predicted octanol–water partition coefficient (Wildman–Crippen LogP) is 0.949. The Balaban J connectivity index is 2.22. The number of methoxy groups -OCH3 is 1. The van der Waals surface area contributed by atoms with E-state index in [0.717, 1.165) is 25.2 Å². The molecule has 1 aliphatic rings. The minimum absolute atomic E-state index is 0.170. The van der Waals surface area contributed by atoms with Crippen molar-refractivity contribution >= 4 is 10.8 Å². The molecule has 0 unspecified atom stereocenters. The SMILES string of the molecule is COCCC[S@](=O)[C@H]1CCO[C@@H]1C. The summed E-state index contributed by atoms with van der Waals surface area (Å²) in [4.78, 5) is 0. The van der Waals surface area contributed by atoms with Gasteiger partial charge in [-0.05, 0) is 19.8 Å². The van der Waals surface area contributed by atoms with Gasteiger partial charge in [0.2, 0.25) is 0 Å². The van der Waals surface area contributed by atoms with Gasteiger partial charge in [-0.1, -0.05) is 0 Å². The fraction of sp³-hybridized carbons (Fsp3) is 1.00. The molecule has 13 heavy (non-hydrogen) atoms. The van der Waals surface area contributed by atoms with Crippen LogP contribution in [0, 0.1) is 0 Å². The summed E-state index contributed by atoms with van der Waals surface area (Å²) in [5.41, 5.74) is 0. The zero-order chi connectivity index (χ0) is 9.68. The smallest absolute Gasteiger partial charge is 0.0691 e. The summed E-state index contributed by atoms with van der Waals surface area (Å²) in [5, 5.41) is 0.247. The lowest BCUT2D eigenvalue weighted by molar-refractivity contribution is 0.127. The van der Waals surface area contributed by atoms with Crippen molar-refractivity contribution in [1.82, 2.24) is 0 Å². The molecular formula is C9H18O3S. The van der Waals surface area contributed by atoms with Crippen LogP contribution < -0.4 is 0 Å². The Hall–Kier alpha value is 0.0700. The minimum Gasteiger partial charge on any atom is -0.385 e. The van der Waals surface area contributed by atoms with Gasteiger partial charge in [0, 0.05) is 36.9 Å². The van der Waals surface area contributed by atoms with Crippen molar-refractivity contribution in [3.63, 3.8) is 0 Å². The Morgan fingerprint density at radius 2 is 2.38 bits per heavy atom. The van der Waals surface area contributed by atoms with Crippen LogP contribution in [0.15, 0.2) is 0 Å². The van der Waals surface area contributed by atoms with Gasteiger partial charge in [-0.25, -0.2) is 0 Å². The molecule has 0 bridgehead atoms. The average molecular weight is 206 g/mol. The molecule has 0 aliphatic carbocycles. The van der Waals surface area contributed by atoms with E-state index in [0.29, 0.717) is 6.61 Å². The molecule has 3 atom stereocenters. The highest BCUT2D eigenvalue weighted by molar-refractivity contribution is 7.85. The normalized spacial score (nSPS) is 30.6. The van der Waals surface area contributed by atoms with E-state index in [2.05, 4.69) is 0 Å². The molecule has 0 N–H and O–H groups in total. The molecule has 0 aromatic rings. The van der Waals surface area contributed by atoms with Crippen LogP contribution in [0.1, 0.15) is 19.8 Å². The molecule has 1 rings (SSSR count). The topological polar surface area (TPSA) is 35.5 Å². The second kappa shape index (κ2) is 5.73. The zero-order valence-electron chi connectivity index (χ0n) is 8.32. The lowest BCUT2D eigenvalue weighted by Gasteiger charge is -2.13. The molecule has 1 saturated heterocycles. The van der Waals surface area contributed by atoms with E-state index in [1.165, 1.54) is 0 Å². The van der Waals surface area contributed by atoms with Gasteiger partial charge in [0.25, 0.3) is 0 Å². The monoisotopic (exact) mass is 206 g/mol. The molecule has 1 heterocycles. The van der Waals surface area contributed by atoms with Crippen LogP contribution in [0.25, 0.3) is 0 Å². The molecular weight excluding hydrogens is 188 g/mol. The summed E-state index contributed by atoms with van der Waals surface area (Å²) in [6.45, 7) is 3.47. The first kappa shape index (κ1) is 11.1. The average Bonchev–Trinajstić information content (AvgIpc) is 2.52. The van der Waals surface area contributed by atoms with Gasteiger partial charge >= 0.3 is 0 Å². The van der Waals surface area contributed by atoms with Crippen molar-refractivity contribution in [3.8, 4) is 0 Å². The summed E-state index contributed by atoms with van der Waals surface area (Å²) in [6, 6.07) is 0. The maximum Gasteiger partial charge on any atom is 0.0691 e. The lowest BCUT2D eigenvalue weighted by Crippen LogP contribution is -2.25. The van der Waals surface area contributed by atoms with Gasteiger partial charge in [-0.3, -0.25) is 4.21 Å². The van der Waals surface area contributed by atoms with Gasteiger partial charge in [0.15, 0.2) is 0 Å². The summed E-state index contributed by atoms with van der Waals surface area (Å²) in [7, 11) is 0.939. The van der Waals surface area contributed by atoms with Gasteiger partial charge in [0.1, 0.15) is 0 Å². The van der Waals surface area contributed by atoms with Gasteiger partial charge in [-0.2, -0.15) is 0 Å². The summed E-state index contributed by atoms with van der Waals surface area (Å²) in [5.74, 6) is 0.742. The molecule has 0 radical (unpaired) electrons. The third kappa shape index (κ3) is 3.37. The predicted molar refractivity (Wildman–Crippen MR) is 53.3 cm³/mol. The maximum absolute atomic E-state index is 11.7. The van der Waals surface area contributed by atoms with Gasteiger partial charge < -0.3 is 9.47 Å². The first-order valence-electron chi connectivity index (χ1n) is 4.73. The zero-order valence-corrected chi connectivity index (χ0v) is 9.14. The molecule has 0 spiro atoms. The Kier molecular flexibility index (Phi) is 4.91. The Morgan fingerprint density at radius 3 is 2.92 bits per heavy atom. The number of rotatable bonds is 5. The Morgan fingerprint density at radius 1 is 1.62 bits per heavy atom. The molecule has 0 aromatic carbocycles. The summed E-state index contributed by atoms with van der Waals surface area (Å²) >= 11 is 0. The van der Waals surface area contributed by atoms with Crippen LogP contribution in [0.3, 0.4) is 0 Å². The maximum atomic E-state index is 11.7. The fourth-order valence-electron chi connectivity index (χ4n) is 1.55. The van der Waals surface area contributed by atoms with Crippen molar-refractivity contribution in [3.05, 3.63) is 0 Å². The van der Waals surface area contributed by atoms with Crippen molar-refractivity contribution in [2.75, 3.05) is 26.1 Å². The summed E-state index contributed by atoms with van der Waals surface area (Å²) < 4.78 is 22.0. The van der Waals surface area contributed by atoms with E-state index in [9.17, 15) is 4.21 Å². The van der Waals surface area contributed by atoms with E-state index >= 15 is 0 Å². The highest BCUT2D eigenvalue weighted by Gasteiger charge is 2.28. The Labute approximate surface area is 82.3 Å². The largest absolute Gasteiger partial charge is 0.385 e.